The van der Waals surface area contributed by atoms with Crippen LogP contribution in [0.1, 0.15) is 43.2 Å². The quantitative estimate of drug-likeness (QED) is 0.509. The lowest BCUT2D eigenvalue weighted by molar-refractivity contribution is -0.133. The predicted octanol–water partition coefficient (Wildman–Crippen LogP) is 5.13. The number of benzene rings is 2. The maximum atomic E-state index is 14.1. The number of piperidine rings is 1. The van der Waals surface area contributed by atoms with Crippen LogP contribution < -0.4 is 10.5 Å². The van der Waals surface area contributed by atoms with Gasteiger partial charge in [0.1, 0.15) is 17.7 Å². The van der Waals surface area contributed by atoms with Crippen molar-refractivity contribution in [2.75, 3.05) is 33.7 Å². The summed E-state index contributed by atoms with van der Waals surface area (Å²) >= 11 is 12.1. The fourth-order valence-electron chi connectivity index (χ4n) is 4.44. The van der Waals surface area contributed by atoms with Crippen LogP contribution in [0.2, 0.25) is 10.0 Å². The summed E-state index contributed by atoms with van der Waals surface area (Å²) in [6, 6.07) is 9.46. The van der Waals surface area contributed by atoms with Crippen LogP contribution >= 0.6 is 23.2 Å². The van der Waals surface area contributed by atoms with Crippen molar-refractivity contribution in [3.8, 4) is 5.75 Å². The van der Waals surface area contributed by atoms with Crippen LogP contribution in [0.25, 0.3) is 0 Å². The fourth-order valence-corrected chi connectivity index (χ4v) is 4.76. The summed E-state index contributed by atoms with van der Waals surface area (Å²) in [5.41, 5.74) is 7.67. The Morgan fingerprint density at radius 1 is 1.18 bits per heavy atom. The lowest BCUT2D eigenvalue weighted by atomic mass is 9.88. The Kier molecular flexibility index (Phi) is 9.60. The molecule has 0 spiro atoms. The van der Waals surface area contributed by atoms with Gasteiger partial charge in [-0.05, 0) is 81.1 Å². The van der Waals surface area contributed by atoms with Gasteiger partial charge in [0.05, 0.1) is 6.04 Å². The Balaban J connectivity index is 1.63. The standard InChI is InChI=1S/C26H34Cl2FN3O2/c1-4-21(16-31(2)3)34-25-15-20(28)7-8-22(25)17-9-11-32(12-10-17)26(33)24(30)13-18-5-6-19(27)14-23(18)29/h5-8,14-15,17,21,24H,4,9-13,16,30H2,1-3H3/t21-,24+/m0/s1. The molecule has 0 aromatic heterocycles. The average Bonchev–Trinajstić information content (AvgIpc) is 2.80. The van der Waals surface area contributed by atoms with E-state index >= 15 is 0 Å². The minimum absolute atomic E-state index is 0.0696. The second-order valence-electron chi connectivity index (χ2n) is 9.24. The van der Waals surface area contributed by atoms with E-state index in [1.807, 2.05) is 32.3 Å². The summed E-state index contributed by atoms with van der Waals surface area (Å²) in [6.45, 7) is 4.12. The lowest BCUT2D eigenvalue weighted by Gasteiger charge is -2.34. The molecule has 2 N–H and O–H groups in total. The number of likely N-dealkylation sites (tertiary alicyclic amines) is 1. The van der Waals surface area contributed by atoms with Gasteiger partial charge in [0.2, 0.25) is 5.91 Å². The van der Waals surface area contributed by atoms with Crippen LogP contribution in [0.15, 0.2) is 36.4 Å². The normalized spacial score (nSPS) is 16.5. The van der Waals surface area contributed by atoms with Crippen molar-refractivity contribution in [1.82, 2.24) is 9.80 Å². The molecule has 1 amide bonds. The van der Waals surface area contributed by atoms with Crippen LogP contribution in [-0.4, -0.2) is 61.6 Å². The van der Waals surface area contributed by atoms with Gasteiger partial charge < -0.3 is 20.3 Å². The van der Waals surface area contributed by atoms with Gasteiger partial charge in [-0.3, -0.25) is 4.79 Å². The molecule has 0 saturated carbocycles. The molecule has 34 heavy (non-hydrogen) atoms. The monoisotopic (exact) mass is 509 g/mol. The van der Waals surface area contributed by atoms with Gasteiger partial charge in [0.25, 0.3) is 0 Å². The van der Waals surface area contributed by atoms with E-state index < -0.39 is 11.9 Å². The SMILES string of the molecule is CC[C@@H](CN(C)C)Oc1cc(Cl)ccc1C1CCN(C(=O)[C@H](N)Cc2ccc(Cl)cc2F)CC1. The fraction of sp³-hybridized carbons (Fsp3) is 0.500. The molecule has 1 aliphatic rings. The molecular weight excluding hydrogens is 476 g/mol. The molecular formula is C26H34Cl2FN3O2. The molecule has 0 unspecified atom stereocenters. The first-order valence-corrected chi connectivity index (χ1v) is 12.5. The molecule has 1 fully saturated rings. The van der Waals surface area contributed by atoms with Gasteiger partial charge in [-0.2, -0.15) is 0 Å². The molecule has 1 heterocycles. The zero-order valence-electron chi connectivity index (χ0n) is 20.1. The summed E-state index contributed by atoms with van der Waals surface area (Å²) < 4.78 is 20.5. The number of nitrogens with two attached hydrogens (primary N) is 1. The number of rotatable bonds is 9. The smallest absolute Gasteiger partial charge is 0.239 e. The number of hydrogen-bond acceptors (Lipinski definition) is 4. The minimum atomic E-state index is -0.794. The van der Waals surface area contributed by atoms with Crippen molar-refractivity contribution < 1.29 is 13.9 Å². The van der Waals surface area contributed by atoms with Gasteiger partial charge in [-0.15, -0.1) is 0 Å². The van der Waals surface area contributed by atoms with Gasteiger partial charge in [0.15, 0.2) is 0 Å². The van der Waals surface area contributed by atoms with Crippen LogP contribution in [0.4, 0.5) is 4.39 Å². The Morgan fingerprint density at radius 3 is 2.44 bits per heavy atom. The van der Waals surface area contributed by atoms with Crippen LogP contribution in [-0.2, 0) is 11.2 Å². The molecule has 0 bridgehead atoms. The average molecular weight is 510 g/mol. The van der Waals surface area contributed by atoms with E-state index in [2.05, 4.69) is 11.8 Å². The van der Waals surface area contributed by atoms with E-state index in [0.717, 1.165) is 37.1 Å². The van der Waals surface area contributed by atoms with Gasteiger partial charge in [-0.25, -0.2) is 4.39 Å². The van der Waals surface area contributed by atoms with E-state index in [9.17, 15) is 9.18 Å². The number of halogens is 3. The molecule has 2 aromatic carbocycles. The van der Waals surface area contributed by atoms with Crippen LogP contribution in [0.3, 0.4) is 0 Å². The molecule has 3 rings (SSSR count). The molecule has 0 radical (unpaired) electrons. The van der Waals surface area contributed by atoms with Crippen molar-refractivity contribution in [3.05, 3.63) is 63.4 Å². The van der Waals surface area contributed by atoms with Gasteiger partial charge in [-0.1, -0.05) is 42.3 Å². The molecule has 0 aliphatic carbocycles. The summed E-state index contributed by atoms with van der Waals surface area (Å²) in [7, 11) is 4.06. The second-order valence-corrected chi connectivity index (χ2v) is 10.1. The van der Waals surface area contributed by atoms with Gasteiger partial charge >= 0.3 is 0 Å². The van der Waals surface area contributed by atoms with Crippen molar-refractivity contribution in [2.24, 2.45) is 5.73 Å². The van der Waals surface area contributed by atoms with E-state index in [1.54, 1.807) is 17.0 Å². The van der Waals surface area contributed by atoms with Crippen molar-refractivity contribution in [1.29, 1.82) is 0 Å². The van der Waals surface area contributed by atoms with E-state index in [1.165, 1.54) is 6.07 Å². The highest BCUT2D eigenvalue weighted by atomic mass is 35.5. The zero-order chi connectivity index (χ0) is 24.8. The van der Waals surface area contributed by atoms with E-state index in [0.29, 0.717) is 28.7 Å². The zero-order valence-corrected chi connectivity index (χ0v) is 21.6. The Bertz CT molecular complexity index is 981. The number of ether oxygens (including phenoxy) is 1. The van der Waals surface area contributed by atoms with Crippen molar-refractivity contribution >= 4 is 29.1 Å². The first-order chi connectivity index (χ1) is 16.2. The highest BCUT2D eigenvalue weighted by Gasteiger charge is 2.29. The molecule has 5 nitrogen and oxygen atoms in total. The number of nitrogens with zero attached hydrogens (tertiary/aromatic N) is 2. The Morgan fingerprint density at radius 2 is 1.82 bits per heavy atom. The topological polar surface area (TPSA) is 58.8 Å². The molecule has 2 atom stereocenters. The molecule has 1 saturated heterocycles. The van der Waals surface area contributed by atoms with Crippen molar-refractivity contribution in [3.63, 3.8) is 0 Å². The highest BCUT2D eigenvalue weighted by Crippen LogP contribution is 2.37. The van der Waals surface area contributed by atoms with Crippen LogP contribution in [0, 0.1) is 5.82 Å². The maximum absolute atomic E-state index is 14.1. The largest absolute Gasteiger partial charge is 0.489 e. The van der Waals surface area contributed by atoms with Crippen molar-refractivity contribution in [2.45, 2.75) is 50.7 Å². The van der Waals surface area contributed by atoms with E-state index in [4.69, 9.17) is 33.7 Å². The summed E-state index contributed by atoms with van der Waals surface area (Å²) in [6.07, 6.45) is 2.71. The third kappa shape index (κ3) is 7.08. The van der Waals surface area contributed by atoms with Crippen LogP contribution in [0.5, 0.6) is 5.75 Å². The second kappa shape index (κ2) is 12.2. The molecule has 2 aromatic rings. The number of likely N-dealkylation sites (N-methyl/N-ethyl adjacent to an activating group) is 1. The van der Waals surface area contributed by atoms with E-state index in [-0.39, 0.29) is 24.3 Å². The predicted molar refractivity (Wildman–Crippen MR) is 136 cm³/mol. The van der Waals surface area contributed by atoms with Gasteiger partial charge in [0, 0.05) is 29.7 Å². The number of carbonyl (C=O) groups is 1. The molecule has 186 valence electrons. The molecule has 1 aliphatic heterocycles. The number of amides is 1. The Hall–Kier alpha value is -1.86. The maximum Gasteiger partial charge on any atom is 0.239 e. The summed E-state index contributed by atoms with van der Waals surface area (Å²) in [5.74, 6) is 0.487. The first kappa shape index (κ1) is 26.7. The summed E-state index contributed by atoms with van der Waals surface area (Å²) in [4.78, 5) is 16.8. The number of carbonyl (C=O) groups excluding carboxylic acids is 1. The number of hydrogen-bond donors (Lipinski definition) is 1. The highest BCUT2D eigenvalue weighted by molar-refractivity contribution is 6.31. The minimum Gasteiger partial charge on any atom is -0.489 e. The molecule has 8 heteroatoms. The lowest BCUT2D eigenvalue weighted by Crippen LogP contribution is -2.47. The Labute approximate surface area is 211 Å². The third-order valence-corrected chi connectivity index (χ3v) is 6.78. The third-order valence-electron chi connectivity index (χ3n) is 6.31. The summed E-state index contributed by atoms with van der Waals surface area (Å²) in [5, 5.41) is 0.965. The first-order valence-electron chi connectivity index (χ1n) is 11.8.